The quantitative estimate of drug-likeness (QED) is 0.533. The average Bonchev–Trinajstić information content (AvgIpc) is 2.49. The Balaban J connectivity index is 1.95. The van der Waals surface area contributed by atoms with E-state index < -0.39 is 6.09 Å². The number of benzene rings is 1. The van der Waals surface area contributed by atoms with Crippen LogP contribution in [0.25, 0.3) is 0 Å². The predicted octanol–water partition coefficient (Wildman–Crippen LogP) is 5.47. The van der Waals surface area contributed by atoms with Crippen LogP contribution in [0.2, 0.25) is 0 Å². The Bertz CT molecular complexity index is 421. The van der Waals surface area contributed by atoms with Gasteiger partial charge in [-0.05, 0) is 18.6 Å². The van der Waals surface area contributed by atoms with Gasteiger partial charge in [0, 0.05) is 11.8 Å². The first-order valence-corrected chi connectivity index (χ1v) is 8.45. The molecule has 0 saturated heterocycles. The molecule has 0 aliphatic rings. The van der Waals surface area contributed by atoms with E-state index in [4.69, 9.17) is 4.74 Å². The van der Waals surface area contributed by atoms with Gasteiger partial charge in [0.1, 0.15) is 5.75 Å². The molecule has 0 unspecified atom stereocenters. The topological polar surface area (TPSA) is 58.6 Å². The summed E-state index contributed by atoms with van der Waals surface area (Å²) >= 11 is 0. The molecule has 0 saturated carbocycles. The maximum atomic E-state index is 11.5. The molecule has 4 nitrogen and oxygen atoms in total. The van der Waals surface area contributed by atoms with E-state index in [-0.39, 0.29) is 5.75 Å². The van der Waals surface area contributed by atoms with Crippen LogP contribution in [-0.2, 0) is 4.74 Å². The van der Waals surface area contributed by atoms with Gasteiger partial charge in [-0.3, -0.25) is 5.32 Å². The molecule has 0 aliphatic carbocycles. The molecule has 0 aromatic heterocycles. The van der Waals surface area contributed by atoms with Crippen LogP contribution in [0.5, 0.6) is 5.75 Å². The molecule has 124 valence electrons. The highest BCUT2D eigenvalue weighted by Crippen LogP contribution is 2.15. The van der Waals surface area contributed by atoms with Crippen LogP contribution in [0.4, 0.5) is 10.5 Å². The van der Waals surface area contributed by atoms with Crippen LogP contribution in [-0.4, -0.2) is 17.8 Å². The van der Waals surface area contributed by atoms with Gasteiger partial charge < -0.3 is 9.84 Å². The average molecular weight is 307 g/mol. The molecule has 0 heterocycles. The number of anilines is 1. The molecule has 2 N–H and O–H groups in total. The van der Waals surface area contributed by atoms with Gasteiger partial charge in [0.2, 0.25) is 0 Å². The Morgan fingerprint density at radius 3 is 2.32 bits per heavy atom. The van der Waals surface area contributed by atoms with Crippen molar-refractivity contribution in [2.75, 3.05) is 11.9 Å². The normalized spacial score (nSPS) is 10.4. The van der Waals surface area contributed by atoms with E-state index >= 15 is 0 Å². The summed E-state index contributed by atoms with van der Waals surface area (Å²) in [5, 5.41) is 11.9. The molecule has 0 radical (unpaired) electrons. The minimum Gasteiger partial charge on any atom is -0.508 e. The fourth-order valence-electron chi connectivity index (χ4n) is 2.32. The molecule has 1 aromatic rings. The van der Waals surface area contributed by atoms with Gasteiger partial charge in [-0.2, -0.15) is 0 Å². The second kappa shape index (κ2) is 11.9. The Morgan fingerprint density at radius 1 is 1.05 bits per heavy atom. The molecule has 0 spiro atoms. The van der Waals surface area contributed by atoms with Gasteiger partial charge in [0.25, 0.3) is 0 Å². The summed E-state index contributed by atoms with van der Waals surface area (Å²) in [5.41, 5.74) is 0.539. The zero-order valence-corrected chi connectivity index (χ0v) is 13.6. The van der Waals surface area contributed by atoms with Crippen molar-refractivity contribution in [3.63, 3.8) is 0 Å². The molecule has 0 bridgehead atoms. The number of amides is 1. The van der Waals surface area contributed by atoms with Crippen LogP contribution in [0.15, 0.2) is 24.3 Å². The van der Waals surface area contributed by atoms with Gasteiger partial charge in [0.05, 0.1) is 6.61 Å². The predicted molar refractivity (Wildman–Crippen MR) is 90.3 cm³/mol. The van der Waals surface area contributed by atoms with E-state index in [1.165, 1.54) is 51.0 Å². The Labute approximate surface area is 133 Å². The van der Waals surface area contributed by atoms with Crippen LogP contribution in [0.1, 0.15) is 64.7 Å². The zero-order valence-electron chi connectivity index (χ0n) is 13.6. The van der Waals surface area contributed by atoms with E-state index in [2.05, 4.69) is 12.2 Å². The van der Waals surface area contributed by atoms with Crippen LogP contribution >= 0.6 is 0 Å². The molecule has 0 aliphatic heterocycles. The summed E-state index contributed by atoms with van der Waals surface area (Å²) in [6.07, 6.45) is 10.7. The molecule has 22 heavy (non-hydrogen) atoms. The van der Waals surface area contributed by atoms with Gasteiger partial charge in [-0.25, -0.2) is 4.79 Å². The lowest BCUT2D eigenvalue weighted by atomic mass is 10.1. The molecule has 1 amide bonds. The van der Waals surface area contributed by atoms with Crippen molar-refractivity contribution >= 4 is 11.8 Å². The number of hydrogen-bond donors (Lipinski definition) is 2. The van der Waals surface area contributed by atoms with Crippen molar-refractivity contribution in [2.24, 2.45) is 0 Å². The number of carbonyl (C=O) groups excluding carboxylic acids is 1. The lowest BCUT2D eigenvalue weighted by Crippen LogP contribution is -2.14. The van der Waals surface area contributed by atoms with Crippen LogP contribution < -0.4 is 5.32 Å². The Morgan fingerprint density at radius 2 is 1.68 bits per heavy atom. The summed E-state index contributed by atoms with van der Waals surface area (Å²) in [6.45, 7) is 2.68. The highest BCUT2D eigenvalue weighted by atomic mass is 16.5. The molecule has 1 rings (SSSR count). The Kier molecular flexibility index (Phi) is 9.92. The number of unbranched alkanes of at least 4 members (excludes halogenated alkanes) is 8. The smallest absolute Gasteiger partial charge is 0.411 e. The van der Waals surface area contributed by atoms with Crippen LogP contribution in [0, 0.1) is 0 Å². The van der Waals surface area contributed by atoms with Crippen molar-refractivity contribution < 1.29 is 14.6 Å². The van der Waals surface area contributed by atoms with E-state index in [0.717, 1.165) is 12.8 Å². The second-order valence-corrected chi connectivity index (χ2v) is 5.64. The third-order valence-corrected chi connectivity index (χ3v) is 3.57. The summed E-state index contributed by atoms with van der Waals surface area (Å²) in [4.78, 5) is 11.5. The highest BCUT2D eigenvalue weighted by Gasteiger charge is 2.03. The molecule has 4 heteroatoms. The summed E-state index contributed by atoms with van der Waals surface area (Å²) < 4.78 is 5.11. The van der Waals surface area contributed by atoms with Gasteiger partial charge in [-0.1, -0.05) is 64.4 Å². The van der Waals surface area contributed by atoms with Crippen molar-refractivity contribution in [1.29, 1.82) is 0 Å². The van der Waals surface area contributed by atoms with Crippen molar-refractivity contribution in [3.05, 3.63) is 24.3 Å². The SMILES string of the molecule is CCCCCCCCCCCOC(=O)Nc1cccc(O)c1. The number of carbonyl (C=O) groups is 1. The number of hydrogen-bond acceptors (Lipinski definition) is 3. The van der Waals surface area contributed by atoms with E-state index in [1.54, 1.807) is 18.2 Å². The maximum absolute atomic E-state index is 11.5. The standard InChI is InChI=1S/C18H29NO3/c1-2-3-4-5-6-7-8-9-10-14-22-18(21)19-16-12-11-13-17(20)15-16/h11-13,15,20H,2-10,14H2,1H3,(H,19,21). The zero-order chi connectivity index (χ0) is 16.0. The monoisotopic (exact) mass is 307 g/mol. The first-order chi connectivity index (χ1) is 10.7. The van der Waals surface area contributed by atoms with Crippen LogP contribution in [0.3, 0.4) is 0 Å². The van der Waals surface area contributed by atoms with E-state index in [0.29, 0.717) is 12.3 Å². The molecular weight excluding hydrogens is 278 g/mol. The summed E-state index contributed by atoms with van der Waals surface area (Å²) in [7, 11) is 0. The lowest BCUT2D eigenvalue weighted by molar-refractivity contribution is 0.159. The maximum Gasteiger partial charge on any atom is 0.411 e. The van der Waals surface area contributed by atoms with E-state index in [9.17, 15) is 9.90 Å². The molecular formula is C18H29NO3. The molecule has 0 atom stereocenters. The molecule has 1 aromatic carbocycles. The highest BCUT2D eigenvalue weighted by molar-refractivity contribution is 5.84. The van der Waals surface area contributed by atoms with Gasteiger partial charge >= 0.3 is 6.09 Å². The number of rotatable bonds is 11. The minimum atomic E-state index is -0.467. The summed E-state index contributed by atoms with van der Waals surface area (Å²) in [5.74, 6) is 0.122. The first kappa shape index (κ1) is 18.3. The Hall–Kier alpha value is -1.71. The van der Waals surface area contributed by atoms with E-state index in [1.807, 2.05) is 0 Å². The number of phenols is 1. The number of ether oxygens (including phenoxy) is 1. The largest absolute Gasteiger partial charge is 0.508 e. The fourth-order valence-corrected chi connectivity index (χ4v) is 2.32. The van der Waals surface area contributed by atoms with Gasteiger partial charge in [0.15, 0.2) is 0 Å². The number of nitrogens with one attached hydrogen (secondary N) is 1. The molecule has 0 fully saturated rings. The minimum absolute atomic E-state index is 0.122. The van der Waals surface area contributed by atoms with Crippen molar-refractivity contribution in [2.45, 2.75) is 64.7 Å². The van der Waals surface area contributed by atoms with Gasteiger partial charge in [-0.15, -0.1) is 0 Å². The summed E-state index contributed by atoms with van der Waals surface area (Å²) in [6, 6.07) is 6.42. The third-order valence-electron chi connectivity index (χ3n) is 3.57. The van der Waals surface area contributed by atoms with Crippen molar-refractivity contribution in [1.82, 2.24) is 0 Å². The number of aromatic hydroxyl groups is 1. The first-order valence-electron chi connectivity index (χ1n) is 8.45. The second-order valence-electron chi connectivity index (χ2n) is 5.64. The fraction of sp³-hybridized carbons (Fsp3) is 0.611. The third kappa shape index (κ3) is 9.27. The number of phenolic OH excluding ortho intramolecular Hbond substituents is 1. The van der Waals surface area contributed by atoms with Crippen molar-refractivity contribution in [3.8, 4) is 5.75 Å². The lowest BCUT2D eigenvalue weighted by Gasteiger charge is -2.07.